The fourth-order valence-electron chi connectivity index (χ4n) is 7.88. The summed E-state index contributed by atoms with van der Waals surface area (Å²) in [5, 5.41) is 10.1. The Morgan fingerprint density at radius 3 is 2.50 bits per heavy atom. The van der Waals surface area contributed by atoms with Crippen LogP contribution >= 0.6 is 0 Å². The van der Waals surface area contributed by atoms with Gasteiger partial charge in [-0.05, 0) is 81.5 Å². The third-order valence-electron chi connectivity index (χ3n) is 8.97. The van der Waals surface area contributed by atoms with Gasteiger partial charge in [0.05, 0.1) is 5.41 Å². The quantitative estimate of drug-likeness (QED) is 0.578. The minimum absolute atomic E-state index is 0.0617. The van der Waals surface area contributed by atoms with E-state index >= 15 is 0 Å². The summed E-state index contributed by atoms with van der Waals surface area (Å²) in [6.07, 6.45) is 7.67. The van der Waals surface area contributed by atoms with Gasteiger partial charge in [-0.1, -0.05) is 19.1 Å². The zero-order valence-corrected chi connectivity index (χ0v) is 16.3. The summed E-state index contributed by atoms with van der Waals surface area (Å²) in [5.74, 6) is 0.209. The third-order valence-corrected chi connectivity index (χ3v) is 8.97. The smallest absolute Gasteiger partial charge is 0.309 e. The van der Waals surface area contributed by atoms with Crippen LogP contribution in [0.3, 0.4) is 0 Å². The summed E-state index contributed by atoms with van der Waals surface area (Å²) >= 11 is 0. The molecule has 1 N–H and O–H groups in total. The predicted octanol–water partition coefficient (Wildman–Crippen LogP) is 4.58. The molecule has 7 atom stereocenters. The van der Waals surface area contributed by atoms with E-state index in [0.717, 1.165) is 32.1 Å². The molecule has 4 heteroatoms. The van der Waals surface area contributed by atoms with Gasteiger partial charge in [0, 0.05) is 12.3 Å². The average Bonchev–Trinajstić information content (AvgIpc) is 2.79. The summed E-state index contributed by atoms with van der Waals surface area (Å²) in [6.45, 7) is 10.0. The monoisotopic (exact) mass is 360 g/mol. The number of carbonyl (C=O) groups excluding carboxylic acids is 1. The SMILES string of the molecule is C=C1CC23CCC4C(C)(C(=O)O)CCC(OC(C)=O)C4(C)C2CCC1C3. The fraction of sp³-hybridized carbons (Fsp3) is 0.818. The van der Waals surface area contributed by atoms with E-state index < -0.39 is 11.4 Å². The molecule has 1 spiro atoms. The molecule has 0 radical (unpaired) electrons. The second-order valence-electron chi connectivity index (χ2n) is 10.0. The summed E-state index contributed by atoms with van der Waals surface area (Å²) in [6, 6.07) is 0. The van der Waals surface area contributed by atoms with Gasteiger partial charge in [0.2, 0.25) is 0 Å². The first-order chi connectivity index (χ1) is 12.1. The van der Waals surface area contributed by atoms with Crippen LogP contribution in [0.2, 0.25) is 0 Å². The molecule has 26 heavy (non-hydrogen) atoms. The van der Waals surface area contributed by atoms with Gasteiger partial charge in [-0.3, -0.25) is 9.59 Å². The van der Waals surface area contributed by atoms with Crippen molar-refractivity contribution in [1.29, 1.82) is 0 Å². The first-order valence-corrected chi connectivity index (χ1v) is 10.2. The van der Waals surface area contributed by atoms with Crippen molar-refractivity contribution in [3.8, 4) is 0 Å². The van der Waals surface area contributed by atoms with Crippen molar-refractivity contribution in [2.24, 2.45) is 34.0 Å². The van der Waals surface area contributed by atoms with Crippen LogP contribution in [0.1, 0.15) is 72.1 Å². The number of allylic oxidation sites excluding steroid dienone is 1. The van der Waals surface area contributed by atoms with Crippen molar-refractivity contribution >= 4 is 11.9 Å². The molecule has 4 nitrogen and oxygen atoms in total. The molecule has 4 aliphatic carbocycles. The Morgan fingerprint density at radius 1 is 1.12 bits per heavy atom. The fourth-order valence-corrected chi connectivity index (χ4v) is 7.88. The van der Waals surface area contributed by atoms with Gasteiger partial charge in [0.25, 0.3) is 0 Å². The van der Waals surface area contributed by atoms with E-state index in [-0.39, 0.29) is 28.8 Å². The number of fused-ring (bicyclic) bond motifs is 3. The number of esters is 1. The lowest BCUT2D eigenvalue weighted by Gasteiger charge is -2.65. The van der Waals surface area contributed by atoms with Crippen LogP contribution in [0.5, 0.6) is 0 Å². The van der Waals surface area contributed by atoms with Crippen molar-refractivity contribution in [3.63, 3.8) is 0 Å². The summed E-state index contributed by atoms with van der Waals surface area (Å²) in [4.78, 5) is 24.1. The van der Waals surface area contributed by atoms with Crippen LogP contribution in [0, 0.1) is 34.0 Å². The maximum absolute atomic E-state index is 12.2. The van der Waals surface area contributed by atoms with Gasteiger partial charge >= 0.3 is 11.9 Å². The first kappa shape index (κ1) is 18.1. The van der Waals surface area contributed by atoms with Crippen LogP contribution in [-0.2, 0) is 14.3 Å². The van der Waals surface area contributed by atoms with E-state index in [9.17, 15) is 14.7 Å². The molecule has 7 unspecified atom stereocenters. The van der Waals surface area contributed by atoms with Gasteiger partial charge < -0.3 is 9.84 Å². The highest BCUT2D eigenvalue weighted by atomic mass is 16.5. The van der Waals surface area contributed by atoms with Crippen molar-refractivity contribution in [1.82, 2.24) is 0 Å². The topological polar surface area (TPSA) is 63.6 Å². The van der Waals surface area contributed by atoms with Gasteiger partial charge in [0.15, 0.2) is 0 Å². The highest BCUT2D eigenvalue weighted by Gasteiger charge is 2.68. The lowest BCUT2D eigenvalue weighted by molar-refractivity contribution is -0.221. The van der Waals surface area contributed by atoms with Gasteiger partial charge in [-0.15, -0.1) is 0 Å². The average molecular weight is 360 g/mol. The molecule has 0 aromatic rings. The number of aliphatic carboxylic acids is 1. The largest absolute Gasteiger partial charge is 0.481 e. The van der Waals surface area contributed by atoms with Crippen molar-refractivity contribution in [2.75, 3.05) is 0 Å². The maximum atomic E-state index is 12.2. The van der Waals surface area contributed by atoms with E-state index in [1.54, 1.807) is 0 Å². The van der Waals surface area contributed by atoms with Crippen LogP contribution in [0.15, 0.2) is 12.2 Å². The summed E-state index contributed by atoms with van der Waals surface area (Å²) in [5.41, 5.74) is 0.667. The van der Waals surface area contributed by atoms with Crippen molar-refractivity contribution in [2.45, 2.75) is 78.2 Å². The molecule has 2 bridgehead atoms. The minimum Gasteiger partial charge on any atom is -0.481 e. The zero-order chi connectivity index (χ0) is 18.9. The lowest BCUT2D eigenvalue weighted by atomic mass is 9.40. The van der Waals surface area contributed by atoms with Crippen LogP contribution in [-0.4, -0.2) is 23.1 Å². The normalized spacial score (nSPS) is 49.9. The summed E-state index contributed by atoms with van der Waals surface area (Å²) < 4.78 is 5.86. The molecule has 4 rings (SSSR count). The highest BCUT2D eigenvalue weighted by molar-refractivity contribution is 5.75. The second kappa shape index (κ2) is 5.59. The van der Waals surface area contributed by atoms with Gasteiger partial charge in [-0.2, -0.15) is 0 Å². The highest BCUT2D eigenvalue weighted by Crippen LogP contribution is 2.72. The molecule has 0 aromatic carbocycles. The Morgan fingerprint density at radius 2 is 1.85 bits per heavy atom. The molecule has 0 saturated heterocycles. The third kappa shape index (κ3) is 2.20. The molecule has 0 amide bonds. The number of rotatable bonds is 2. The first-order valence-electron chi connectivity index (χ1n) is 10.2. The predicted molar refractivity (Wildman–Crippen MR) is 98.4 cm³/mol. The Bertz CT molecular complexity index is 669. The molecule has 0 aromatic heterocycles. The van der Waals surface area contributed by atoms with E-state index in [4.69, 9.17) is 4.74 Å². The Hall–Kier alpha value is -1.32. The van der Waals surface area contributed by atoms with Crippen molar-refractivity contribution in [3.05, 3.63) is 12.2 Å². The molecule has 4 aliphatic rings. The Balaban J connectivity index is 1.80. The molecule has 144 valence electrons. The molecular weight excluding hydrogens is 328 g/mol. The standard InChI is InChI=1S/C22H32O4/c1-13-11-22-10-7-16-20(3,19(24)25)9-8-18(26-14(2)23)21(16,4)17(22)6-5-15(13)12-22/h15-18H,1,5-12H2,2-4H3,(H,24,25). The lowest BCUT2D eigenvalue weighted by Crippen LogP contribution is -2.64. The van der Waals surface area contributed by atoms with Crippen molar-refractivity contribution < 1.29 is 19.4 Å². The number of hydrogen-bond acceptors (Lipinski definition) is 3. The van der Waals surface area contributed by atoms with E-state index in [1.807, 2.05) is 6.92 Å². The second-order valence-corrected chi connectivity index (χ2v) is 10.0. The van der Waals surface area contributed by atoms with Gasteiger partial charge in [0.1, 0.15) is 6.10 Å². The summed E-state index contributed by atoms with van der Waals surface area (Å²) in [7, 11) is 0. The van der Waals surface area contributed by atoms with Crippen LogP contribution in [0.4, 0.5) is 0 Å². The van der Waals surface area contributed by atoms with E-state index in [1.165, 1.54) is 18.9 Å². The molecule has 4 saturated carbocycles. The number of carboxylic acid groups (broad SMARTS) is 1. The molecule has 4 fully saturated rings. The Labute approximate surface area is 156 Å². The molecule has 0 aliphatic heterocycles. The molecular formula is C22H32O4. The van der Waals surface area contributed by atoms with Gasteiger partial charge in [-0.25, -0.2) is 0 Å². The number of carboxylic acids is 1. The minimum atomic E-state index is -0.723. The van der Waals surface area contributed by atoms with E-state index in [0.29, 0.717) is 24.7 Å². The Kier molecular flexibility index (Phi) is 3.88. The number of ether oxygens (including phenoxy) is 1. The van der Waals surface area contributed by atoms with Crippen LogP contribution < -0.4 is 0 Å². The molecule has 0 heterocycles. The number of carbonyl (C=O) groups is 2. The number of hydrogen-bond donors (Lipinski definition) is 1. The maximum Gasteiger partial charge on any atom is 0.309 e. The van der Waals surface area contributed by atoms with E-state index in [2.05, 4.69) is 13.5 Å². The zero-order valence-electron chi connectivity index (χ0n) is 16.3. The van der Waals surface area contributed by atoms with Crippen LogP contribution in [0.25, 0.3) is 0 Å².